The average molecular weight is 424 g/mol. The Kier molecular flexibility index (Phi) is 7.40. The summed E-state index contributed by atoms with van der Waals surface area (Å²) in [7, 11) is 0. The van der Waals surface area contributed by atoms with Crippen LogP contribution in [0.25, 0.3) is 0 Å². The van der Waals surface area contributed by atoms with Crippen LogP contribution in [-0.4, -0.2) is 23.3 Å². The van der Waals surface area contributed by atoms with Gasteiger partial charge in [-0.05, 0) is 47.9 Å². The minimum Gasteiger partial charge on any atom is -0.494 e. The molecule has 1 N–H and O–H groups in total. The van der Waals surface area contributed by atoms with E-state index in [1.807, 2.05) is 49.4 Å². The molecule has 0 aliphatic carbocycles. The molecule has 0 saturated carbocycles. The van der Waals surface area contributed by atoms with E-state index >= 15 is 0 Å². The Hall–Kier alpha value is -3.38. The summed E-state index contributed by atoms with van der Waals surface area (Å²) in [5.41, 5.74) is 3.55. The monoisotopic (exact) mass is 423 g/mol. The van der Waals surface area contributed by atoms with Crippen molar-refractivity contribution in [3.8, 4) is 5.75 Å². The predicted molar refractivity (Wildman–Crippen MR) is 119 cm³/mol. The molecular weight excluding hydrogens is 402 g/mol. The van der Waals surface area contributed by atoms with Gasteiger partial charge in [-0.3, -0.25) is 9.59 Å². The molecule has 0 fully saturated rings. The molecule has 30 heavy (non-hydrogen) atoms. The number of amides is 1. The largest absolute Gasteiger partial charge is 0.494 e. The molecule has 2 aromatic carbocycles. The van der Waals surface area contributed by atoms with Gasteiger partial charge in [0.2, 0.25) is 0 Å². The van der Waals surface area contributed by atoms with Crippen LogP contribution in [0.5, 0.6) is 5.75 Å². The van der Waals surface area contributed by atoms with Crippen molar-refractivity contribution in [2.24, 2.45) is 5.10 Å². The zero-order chi connectivity index (χ0) is 21.3. The van der Waals surface area contributed by atoms with Crippen molar-refractivity contribution in [3.05, 3.63) is 98.9 Å². The second kappa shape index (κ2) is 10.4. The lowest BCUT2D eigenvalue weighted by molar-refractivity contribution is 0.0953. The molecule has 0 radical (unpaired) electrons. The van der Waals surface area contributed by atoms with E-state index in [-0.39, 0.29) is 12.1 Å². The summed E-state index contributed by atoms with van der Waals surface area (Å²) in [4.78, 5) is 25.1. The zero-order valence-electron chi connectivity index (χ0n) is 16.5. The molecule has 0 saturated heterocycles. The number of halogens is 1. The molecule has 0 unspecified atom stereocenters. The predicted octanol–water partition coefficient (Wildman–Crippen LogP) is 4.10. The maximum atomic E-state index is 12.7. The Bertz CT molecular complexity index is 1110. The lowest BCUT2D eigenvalue weighted by Gasteiger charge is -2.09. The SMILES string of the molecule is CCCOc1cccc(/C=N\NC(=O)c2cccn(Cc3ccccc3Cl)c2=O)c1. The lowest BCUT2D eigenvalue weighted by atomic mass is 10.2. The second-order valence-corrected chi connectivity index (χ2v) is 6.97. The van der Waals surface area contributed by atoms with Crippen LogP contribution in [0.3, 0.4) is 0 Å². The summed E-state index contributed by atoms with van der Waals surface area (Å²) < 4.78 is 7.02. The van der Waals surface area contributed by atoms with Crippen molar-refractivity contribution >= 4 is 23.7 Å². The average Bonchev–Trinajstić information content (AvgIpc) is 2.75. The molecule has 3 rings (SSSR count). The van der Waals surface area contributed by atoms with Crippen LogP contribution in [0.4, 0.5) is 0 Å². The van der Waals surface area contributed by atoms with Gasteiger partial charge >= 0.3 is 0 Å². The van der Waals surface area contributed by atoms with Crippen molar-refractivity contribution in [3.63, 3.8) is 0 Å². The first-order chi connectivity index (χ1) is 14.6. The number of nitrogens with zero attached hydrogens (tertiary/aromatic N) is 2. The maximum Gasteiger partial charge on any atom is 0.276 e. The number of hydrogen-bond acceptors (Lipinski definition) is 4. The molecule has 0 atom stereocenters. The first kappa shape index (κ1) is 21.3. The summed E-state index contributed by atoms with van der Waals surface area (Å²) in [5, 5.41) is 4.52. The van der Waals surface area contributed by atoms with Gasteiger partial charge in [-0.15, -0.1) is 0 Å². The molecule has 7 heteroatoms. The van der Waals surface area contributed by atoms with E-state index in [0.29, 0.717) is 11.6 Å². The fourth-order valence-corrected chi connectivity index (χ4v) is 2.97. The number of carbonyl (C=O) groups excluding carboxylic acids is 1. The standard InChI is InChI=1S/C23H22ClN3O3/c1-2-13-30-19-9-5-7-17(14-19)15-25-26-22(28)20-10-6-12-27(23(20)29)16-18-8-3-4-11-21(18)24/h3-12,14-15H,2,13,16H2,1H3,(H,26,28)/b25-15-. The van der Waals surface area contributed by atoms with E-state index in [4.69, 9.17) is 16.3 Å². The number of ether oxygens (including phenoxy) is 1. The summed E-state index contributed by atoms with van der Waals surface area (Å²) in [5.74, 6) is 0.154. The van der Waals surface area contributed by atoms with Crippen LogP contribution in [0.15, 0.2) is 76.8 Å². The highest BCUT2D eigenvalue weighted by Crippen LogP contribution is 2.15. The number of hydrazone groups is 1. The van der Waals surface area contributed by atoms with Crippen molar-refractivity contribution in [2.45, 2.75) is 19.9 Å². The minimum absolute atomic E-state index is 0.00161. The summed E-state index contributed by atoms with van der Waals surface area (Å²) in [6.45, 7) is 2.94. The van der Waals surface area contributed by atoms with Gasteiger partial charge in [0.25, 0.3) is 11.5 Å². The van der Waals surface area contributed by atoms with Gasteiger partial charge < -0.3 is 9.30 Å². The van der Waals surface area contributed by atoms with E-state index in [2.05, 4.69) is 10.5 Å². The van der Waals surface area contributed by atoms with Crippen molar-refractivity contribution in [2.75, 3.05) is 6.61 Å². The number of carbonyl (C=O) groups is 1. The normalized spacial score (nSPS) is 10.9. The van der Waals surface area contributed by atoms with Crippen molar-refractivity contribution < 1.29 is 9.53 Å². The topological polar surface area (TPSA) is 72.7 Å². The molecule has 3 aromatic rings. The molecule has 1 amide bonds. The van der Waals surface area contributed by atoms with Crippen LogP contribution in [-0.2, 0) is 6.54 Å². The maximum absolute atomic E-state index is 12.7. The van der Waals surface area contributed by atoms with Crippen LogP contribution in [0.1, 0.15) is 34.8 Å². The Morgan fingerprint density at radius 3 is 2.80 bits per heavy atom. The zero-order valence-corrected chi connectivity index (χ0v) is 17.3. The Balaban J connectivity index is 1.69. The highest BCUT2D eigenvalue weighted by molar-refractivity contribution is 6.31. The Morgan fingerprint density at radius 1 is 1.17 bits per heavy atom. The van der Waals surface area contributed by atoms with Gasteiger partial charge in [-0.25, -0.2) is 5.43 Å². The highest BCUT2D eigenvalue weighted by Gasteiger charge is 2.12. The molecule has 1 heterocycles. The van der Waals surface area contributed by atoms with Gasteiger partial charge in [-0.2, -0.15) is 5.10 Å². The number of benzene rings is 2. The number of aromatic nitrogens is 1. The molecule has 6 nitrogen and oxygen atoms in total. The van der Waals surface area contributed by atoms with Crippen molar-refractivity contribution in [1.29, 1.82) is 0 Å². The van der Waals surface area contributed by atoms with Crippen LogP contribution >= 0.6 is 11.6 Å². The molecule has 0 spiro atoms. The third kappa shape index (κ3) is 5.58. The van der Waals surface area contributed by atoms with E-state index < -0.39 is 11.5 Å². The molecule has 0 bridgehead atoms. The third-order valence-electron chi connectivity index (χ3n) is 4.27. The van der Waals surface area contributed by atoms with Crippen molar-refractivity contribution in [1.82, 2.24) is 9.99 Å². The third-order valence-corrected chi connectivity index (χ3v) is 4.64. The van der Waals surface area contributed by atoms with E-state index in [1.54, 1.807) is 18.3 Å². The van der Waals surface area contributed by atoms with Crippen LogP contribution in [0.2, 0.25) is 5.02 Å². The number of pyridine rings is 1. The smallest absolute Gasteiger partial charge is 0.276 e. The fraction of sp³-hybridized carbons (Fsp3) is 0.174. The number of hydrogen-bond donors (Lipinski definition) is 1. The quantitative estimate of drug-likeness (QED) is 0.438. The first-order valence-electron chi connectivity index (χ1n) is 9.57. The van der Waals surface area contributed by atoms with E-state index in [9.17, 15) is 9.59 Å². The van der Waals surface area contributed by atoms with Gasteiger partial charge in [0, 0.05) is 11.2 Å². The van der Waals surface area contributed by atoms with Gasteiger partial charge in [-0.1, -0.05) is 48.9 Å². The Labute approximate surface area is 179 Å². The highest BCUT2D eigenvalue weighted by atomic mass is 35.5. The van der Waals surface area contributed by atoms with E-state index in [0.717, 1.165) is 23.3 Å². The number of rotatable bonds is 8. The summed E-state index contributed by atoms with van der Waals surface area (Å²) in [6, 6.07) is 17.7. The second-order valence-electron chi connectivity index (χ2n) is 6.57. The van der Waals surface area contributed by atoms with E-state index in [1.165, 1.54) is 16.8 Å². The van der Waals surface area contributed by atoms with Crippen LogP contribution < -0.4 is 15.7 Å². The van der Waals surface area contributed by atoms with Gasteiger partial charge in [0.05, 0.1) is 19.4 Å². The fourth-order valence-electron chi connectivity index (χ4n) is 2.77. The van der Waals surface area contributed by atoms with Gasteiger partial charge in [0.1, 0.15) is 11.3 Å². The number of nitrogens with one attached hydrogen (secondary N) is 1. The lowest BCUT2D eigenvalue weighted by Crippen LogP contribution is -2.30. The summed E-state index contributed by atoms with van der Waals surface area (Å²) in [6.07, 6.45) is 4.04. The Morgan fingerprint density at radius 2 is 2.00 bits per heavy atom. The van der Waals surface area contributed by atoms with Gasteiger partial charge in [0.15, 0.2) is 0 Å². The first-order valence-corrected chi connectivity index (χ1v) is 9.95. The molecule has 0 aliphatic rings. The molecule has 1 aromatic heterocycles. The minimum atomic E-state index is -0.580. The molecule has 0 aliphatic heterocycles. The van der Waals surface area contributed by atoms with Crippen LogP contribution in [0, 0.1) is 0 Å². The molecular formula is C23H22ClN3O3. The summed E-state index contributed by atoms with van der Waals surface area (Å²) >= 11 is 6.17. The molecule has 154 valence electrons.